The molecule has 0 saturated heterocycles. The second-order valence-corrected chi connectivity index (χ2v) is 6.60. The van der Waals surface area contributed by atoms with Gasteiger partial charge in [-0.2, -0.15) is 0 Å². The summed E-state index contributed by atoms with van der Waals surface area (Å²) < 4.78 is 11.1. The minimum absolute atomic E-state index is 0.229. The van der Waals surface area contributed by atoms with Gasteiger partial charge in [0, 0.05) is 5.41 Å². The van der Waals surface area contributed by atoms with Crippen molar-refractivity contribution in [2.45, 2.75) is 19.3 Å². The molecular formula is C22H22O4. The molecule has 4 nitrogen and oxygen atoms in total. The quantitative estimate of drug-likeness (QED) is 0.571. The molecule has 0 aromatic heterocycles. The van der Waals surface area contributed by atoms with Gasteiger partial charge in [-0.3, -0.25) is 0 Å². The SMILES string of the molecule is O=C(OCC1(COC(=O)c2ccccc2)CC=CCC1)c1ccccc1. The molecule has 1 aliphatic rings. The Morgan fingerprint density at radius 2 is 1.27 bits per heavy atom. The number of allylic oxidation sites excluding steroid dienone is 2. The van der Waals surface area contributed by atoms with Crippen molar-refractivity contribution < 1.29 is 19.1 Å². The molecule has 0 fully saturated rings. The molecule has 0 N–H and O–H groups in total. The average Bonchev–Trinajstić information content (AvgIpc) is 2.72. The van der Waals surface area contributed by atoms with E-state index < -0.39 is 0 Å². The first-order valence-corrected chi connectivity index (χ1v) is 8.78. The van der Waals surface area contributed by atoms with E-state index in [1.165, 1.54) is 0 Å². The van der Waals surface area contributed by atoms with Crippen LogP contribution in [-0.2, 0) is 9.47 Å². The van der Waals surface area contributed by atoms with E-state index >= 15 is 0 Å². The maximum Gasteiger partial charge on any atom is 0.338 e. The number of benzene rings is 2. The third kappa shape index (κ3) is 4.60. The highest BCUT2D eigenvalue weighted by atomic mass is 16.5. The van der Waals surface area contributed by atoms with Crippen molar-refractivity contribution in [2.24, 2.45) is 5.41 Å². The zero-order valence-electron chi connectivity index (χ0n) is 14.6. The Hall–Kier alpha value is -2.88. The lowest BCUT2D eigenvalue weighted by atomic mass is 9.78. The number of hydrogen-bond donors (Lipinski definition) is 0. The number of rotatable bonds is 6. The summed E-state index contributed by atoms with van der Waals surface area (Å²) >= 11 is 0. The van der Waals surface area contributed by atoms with E-state index in [0.717, 1.165) is 19.3 Å². The Kier molecular flexibility index (Phi) is 5.84. The van der Waals surface area contributed by atoms with Gasteiger partial charge in [-0.25, -0.2) is 9.59 Å². The zero-order chi connectivity index (χ0) is 18.2. The molecule has 0 bridgehead atoms. The van der Waals surface area contributed by atoms with Gasteiger partial charge in [0.2, 0.25) is 0 Å². The average molecular weight is 350 g/mol. The molecule has 0 heterocycles. The van der Waals surface area contributed by atoms with E-state index in [0.29, 0.717) is 11.1 Å². The van der Waals surface area contributed by atoms with E-state index in [9.17, 15) is 9.59 Å². The summed E-state index contributed by atoms with van der Waals surface area (Å²) in [5.41, 5.74) is 0.675. The molecule has 0 radical (unpaired) electrons. The third-order valence-electron chi connectivity index (χ3n) is 4.60. The minimum atomic E-state index is -0.371. The third-order valence-corrected chi connectivity index (χ3v) is 4.60. The molecule has 0 saturated carbocycles. The number of esters is 2. The molecular weight excluding hydrogens is 328 g/mol. The number of carbonyl (C=O) groups excluding carboxylic acids is 2. The molecule has 0 spiro atoms. The van der Waals surface area contributed by atoms with Crippen LogP contribution in [0.1, 0.15) is 40.0 Å². The lowest BCUT2D eigenvalue weighted by Gasteiger charge is -2.33. The van der Waals surface area contributed by atoms with Crippen LogP contribution in [0.15, 0.2) is 72.8 Å². The first kappa shape index (κ1) is 17.9. The molecule has 0 unspecified atom stereocenters. The highest BCUT2D eigenvalue weighted by Gasteiger charge is 2.34. The molecule has 1 aliphatic carbocycles. The maximum atomic E-state index is 12.2. The summed E-state index contributed by atoms with van der Waals surface area (Å²) in [6, 6.07) is 17.8. The molecule has 0 aliphatic heterocycles. The van der Waals surface area contributed by atoms with Crippen molar-refractivity contribution >= 4 is 11.9 Å². The molecule has 3 rings (SSSR count). The fraction of sp³-hybridized carbons (Fsp3) is 0.273. The number of hydrogen-bond acceptors (Lipinski definition) is 4. The molecule has 134 valence electrons. The van der Waals surface area contributed by atoms with Gasteiger partial charge in [0.05, 0.1) is 11.1 Å². The van der Waals surface area contributed by atoms with Crippen LogP contribution < -0.4 is 0 Å². The Morgan fingerprint density at radius 1 is 0.769 bits per heavy atom. The Bertz CT molecular complexity index is 710. The molecule has 0 atom stereocenters. The second kappa shape index (κ2) is 8.48. The lowest BCUT2D eigenvalue weighted by molar-refractivity contribution is -0.00894. The van der Waals surface area contributed by atoms with E-state index in [2.05, 4.69) is 12.2 Å². The summed E-state index contributed by atoms with van der Waals surface area (Å²) in [5.74, 6) is -0.706. The van der Waals surface area contributed by atoms with Crippen LogP contribution >= 0.6 is 0 Å². The first-order chi connectivity index (χ1) is 12.7. The molecule has 0 amide bonds. The largest absolute Gasteiger partial charge is 0.461 e. The van der Waals surface area contributed by atoms with Crippen molar-refractivity contribution in [1.29, 1.82) is 0 Å². The van der Waals surface area contributed by atoms with Gasteiger partial charge in [-0.05, 0) is 43.5 Å². The van der Waals surface area contributed by atoms with Gasteiger partial charge in [0.25, 0.3) is 0 Å². The molecule has 2 aromatic carbocycles. The highest BCUT2D eigenvalue weighted by molar-refractivity contribution is 5.89. The fourth-order valence-electron chi connectivity index (χ4n) is 3.00. The van der Waals surface area contributed by atoms with Gasteiger partial charge >= 0.3 is 11.9 Å². The van der Waals surface area contributed by atoms with Crippen molar-refractivity contribution in [1.82, 2.24) is 0 Å². The molecule has 26 heavy (non-hydrogen) atoms. The Morgan fingerprint density at radius 3 is 1.69 bits per heavy atom. The van der Waals surface area contributed by atoms with Gasteiger partial charge < -0.3 is 9.47 Å². The molecule has 4 heteroatoms. The van der Waals surface area contributed by atoms with Gasteiger partial charge in [-0.15, -0.1) is 0 Å². The van der Waals surface area contributed by atoms with Crippen LogP contribution in [0.25, 0.3) is 0 Å². The Balaban J connectivity index is 1.62. The van der Waals surface area contributed by atoms with Crippen LogP contribution in [0.2, 0.25) is 0 Å². The van der Waals surface area contributed by atoms with Gasteiger partial charge in [0.15, 0.2) is 0 Å². The summed E-state index contributed by atoms with van der Waals surface area (Å²) in [4.78, 5) is 24.5. The monoisotopic (exact) mass is 350 g/mol. The second-order valence-electron chi connectivity index (χ2n) is 6.60. The van der Waals surface area contributed by atoms with Crippen molar-refractivity contribution in [2.75, 3.05) is 13.2 Å². The fourth-order valence-corrected chi connectivity index (χ4v) is 3.00. The lowest BCUT2D eigenvalue weighted by Crippen LogP contribution is -2.35. The van der Waals surface area contributed by atoms with Crippen molar-refractivity contribution in [3.05, 3.63) is 83.9 Å². The predicted octanol–water partition coefficient (Wildman–Crippen LogP) is 4.43. The molecule has 2 aromatic rings. The highest BCUT2D eigenvalue weighted by Crippen LogP contribution is 2.34. The van der Waals surface area contributed by atoms with E-state index in [4.69, 9.17) is 9.47 Å². The number of carbonyl (C=O) groups is 2. The van der Waals surface area contributed by atoms with Crippen molar-refractivity contribution in [3.63, 3.8) is 0 Å². The van der Waals surface area contributed by atoms with E-state index in [1.54, 1.807) is 48.5 Å². The summed E-state index contributed by atoms with van der Waals surface area (Å²) in [5, 5.41) is 0. The normalized spacial score (nSPS) is 15.2. The summed E-state index contributed by atoms with van der Waals surface area (Å²) in [7, 11) is 0. The zero-order valence-corrected chi connectivity index (χ0v) is 14.6. The first-order valence-electron chi connectivity index (χ1n) is 8.78. The van der Waals surface area contributed by atoms with Gasteiger partial charge in [-0.1, -0.05) is 48.6 Å². The van der Waals surface area contributed by atoms with Crippen LogP contribution in [0, 0.1) is 5.41 Å². The Labute approximate surface area is 153 Å². The topological polar surface area (TPSA) is 52.6 Å². The smallest absolute Gasteiger partial charge is 0.338 e. The van der Waals surface area contributed by atoms with Crippen LogP contribution in [0.4, 0.5) is 0 Å². The number of ether oxygens (including phenoxy) is 2. The van der Waals surface area contributed by atoms with Crippen LogP contribution in [-0.4, -0.2) is 25.2 Å². The van der Waals surface area contributed by atoms with E-state index in [1.807, 2.05) is 12.1 Å². The van der Waals surface area contributed by atoms with Crippen LogP contribution in [0.5, 0.6) is 0 Å². The van der Waals surface area contributed by atoms with Crippen molar-refractivity contribution in [3.8, 4) is 0 Å². The maximum absolute atomic E-state index is 12.2. The predicted molar refractivity (Wildman–Crippen MR) is 98.9 cm³/mol. The van der Waals surface area contributed by atoms with E-state index in [-0.39, 0.29) is 30.6 Å². The van der Waals surface area contributed by atoms with Crippen LogP contribution in [0.3, 0.4) is 0 Å². The standard InChI is InChI=1S/C22H22O4/c23-20(18-10-4-1-5-11-18)25-16-22(14-8-3-9-15-22)17-26-21(24)19-12-6-2-7-13-19/h1-8,10-13H,9,14-17H2. The summed E-state index contributed by atoms with van der Waals surface area (Å²) in [6.07, 6.45) is 6.59. The summed E-state index contributed by atoms with van der Waals surface area (Å²) in [6.45, 7) is 0.459. The van der Waals surface area contributed by atoms with Gasteiger partial charge in [0.1, 0.15) is 13.2 Å². The minimum Gasteiger partial charge on any atom is -0.461 e.